The minimum Gasteiger partial charge on any atom is -0.478 e. The van der Waals surface area contributed by atoms with Gasteiger partial charge in [-0.15, -0.1) is 0 Å². The molecule has 1 aliphatic heterocycles. The molecule has 10 heteroatoms. The van der Waals surface area contributed by atoms with Gasteiger partial charge >= 0.3 is 5.97 Å². The van der Waals surface area contributed by atoms with Crippen molar-refractivity contribution in [2.24, 2.45) is 0 Å². The second-order valence-electron chi connectivity index (χ2n) is 4.94. The fourth-order valence-corrected chi connectivity index (χ4v) is 2.57. The largest absolute Gasteiger partial charge is 0.478 e. The van der Waals surface area contributed by atoms with Crippen LogP contribution in [0.4, 0.5) is 5.82 Å². The van der Waals surface area contributed by atoms with Gasteiger partial charge in [0.25, 0.3) is 0 Å². The third-order valence-corrected chi connectivity index (χ3v) is 3.66. The molecule has 4 atom stereocenters. The van der Waals surface area contributed by atoms with Crippen molar-refractivity contribution < 1.29 is 30.0 Å². The fourth-order valence-electron chi connectivity index (χ4n) is 2.57. The van der Waals surface area contributed by atoms with Crippen LogP contribution >= 0.6 is 0 Å². The van der Waals surface area contributed by atoms with Crippen LogP contribution in [-0.4, -0.2) is 65.8 Å². The molecule has 1 aliphatic rings. The van der Waals surface area contributed by atoms with Gasteiger partial charge in [0.05, 0.1) is 17.6 Å². The Hall–Kier alpha value is -2.27. The number of rotatable bonds is 3. The van der Waals surface area contributed by atoms with E-state index in [9.17, 15) is 20.1 Å². The number of nitrogens with zero attached hydrogens (tertiary/aromatic N) is 3. The summed E-state index contributed by atoms with van der Waals surface area (Å²) in [6, 6.07) is 0. The van der Waals surface area contributed by atoms with Crippen LogP contribution in [-0.2, 0) is 4.74 Å². The summed E-state index contributed by atoms with van der Waals surface area (Å²) >= 11 is 0. The second kappa shape index (κ2) is 5.18. The average Bonchev–Trinajstić information content (AvgIpc) is 3.00. The Kier molecular flexibility index (Phi) is 3.45. The first-order chi connectivity index (χ1) is 10.5. The van der Waals surface area contributed by atoms with Gasteiger partial charge in [-0.25, -0.2) is 14.8 Å². The highest BCUT2D eigenvalue weighted by Gasteiger charge is 2.44. The van der Waals surface area contributed by atoms with Crippen molar-refractivity contribution in [3.8, 4) is 0 Å². The first-order valence-electron chi connectivity index (χ1n) is 6.42. The average molecular weight is 310 g/mol. The van der Waals surface area contributed by atoms with E-state index in [0.29, 0.717) is 0 Å². The predicted molar refractivity (Wildman–Crippen MR) is 71.9 cm³/mol. The van der Waals surface area contributed by atoms with Gasteiger partial charge in [0, 0.05) is 6.20 Å². The standard InChI is InChI=1S/C12H14N4O6/c13-9-6-4(12(20)21)1-16(10(6)15-3-14-9)11-8(19)7(18)5(2-17)22-11/h1,3,5,7-8,11,17-19H,2H2,(H,20,21)(H2,13,14,15)/t5-,7-,8+,11+/m0/s1. The molecule has 0 bridgehead atoms. The van der Waals surface area contributed by atoms with Crippen molar-refractivity contribution in [1.29, 1.82) is 0 Å². The molecule has 6 N–H and O–H groups in total. The van der Waals surface area contributed by atoms with Gasteiger partial charge in [0.15, 0.2) is 6.23 Å². The highest BCUT2D eigenvalue weighted by molar-refractivity contribution is 6.06. The molecule has 2 aromatic rings. The summed E-state index contributed by atoms with van der Waals surface area (Å²) in [7, 11) is 0. The summed E-state index contributed by atoms with van der Waals surface area (Å²) in [5.74, 6) is -1.26. The monoisotopic (exact) mass is 310 g/mol. The molecular formula is C12H14N4O6. The third-order valence-electron chi connectivity index (χ3n) is 3.66. The van der Waals surface area contributed by atoms with E-state index in [1.54, 1.807) is 0 Å². The summed E-state index contributed by atoms with van der Waals surface area (Å²) in [6.45, 7) is -0.489. The van der Waals surface area contributed by atoms with Gasteiger partial charge in [0.2, 0.25) is 0 Å². The van der Waals surface area contributed by atoms with Crippen molar-refractivity contribution in [1.82, 2.24) is 14.5 Å². The van der Waals surface area contributed by atoms with Gasteiger partial charge in [-0.1, -0.05) is 0 Å². The number of anilines is 1. The molecule has 0 aromatic carbocycles. The van der Waals surface area contributed by atoms with Crippen LogP contribution in [0.15, 0.2) is 12.5 Å². The van der Waals surface area contributed by atoms with Crippen LogP contribution in [0, 0.1) is 0 Å². The number of hydrogen-bond donors (Lipinski definition) is 5. The minimum atomic E-state index is -1.36. The lowest BCUT2D eigenvalue weighted by atomic mass is 10.1. The van der Waals surface area contributed by atoms with Crippen molar-refractivity contribution >= 4 is 22.8 Å². The molecule has 22 heavy (non-hydrogen) atoms. The van der Waals surface area contributed by atoms with Crippen LogP contribution < -0.4 is 5.73 Å². The van der Waals surface area contributed by atoms with Crippen LogP contribution in [0.25, 0.3) is 11.0 Å². The quantitative estimate of drug-likeness (QED) is 0.445. The molecule has 118 valence electrons. The molecule has 0 saturated carbocycles. The van der Waals surface area contributed by atoms with Crippen molar-refractivity contribution in [3.63, 3.8) is 0 Å². The number of carboxylic acids is 1. The Morgan fingerprint density at radius 2 is 2.09 bits per heavy atom. The zero-order valence-corrected chi connectivity index (χ0v) is 11.2. The minimum absolute atomic E-state index is 0.0205. The van der Waals surface area contributed by atoms with Crippen LogP contribution in [0.2, 0.25) is 0 Å². The topological polar surface area (TPSA) is 164 Å². The number of fused-ring (bicyclic) bond motifs is 1. The Morgan fingerprint density at radius 3 is 2.68 bits per heavy atom. The lowest BCUT2D eigenvalue weighted by Crippen LogP contribution is -2.33. The summed E-state index contributed by atoms with van der Waals surface area (Å²) in [6.07, 6.45) is -2.38. The molecule has 0 unspecified atom stereocenters. The Labute approximate surface area is 123 Å². The molecule has 0 radical (unpaired) electrons. The van der Waals surface area contributed by atoms with E-state index in [-0.39, 0.29) is 22.4 Å². The van der Waals surface area contributed by atoms with Crippen LogP contribution in [0.3, 0.4) is 0 Å². The molecule has 1 fully saturated rings. The van der Waals surface area contributed by atoms with E-state index < -0.39 is 37.1 Å². The van der Waals surface area contributed by atoms with Gasteiger partial charge in [0.1, 0.15) is 36.1 Å². The van der Waals surface area contributed by atoms with E-state index in [1.165, 1.54) is 10.8 Å². The summed E-state index contributed by atoms with van der Waals surface area (Å²) in [4.78, 5) is 19.1. The maximum Gasteiger partial charge on any atom is 0.338 e. The third kappa shape index (κ3) is 2.01. The zero-order valence-electron chi connectivity index (χ0n) is 11.2. The second-order valence-corrected chi connectivity index (χ2v) is 4.94. The highest BCUT2D eigenvalue weighted by atomic mass is 16.6. The van der Waals surface area contributed by atoms with Crippen molar-refractivity contribution in [2.75, 3.05) is 12.3 Å². The number of aliphatic hydroxyl groups excluding tert-OH is 3. The highest BCUT2D eigenvalue weighted by Crippen LogP contribution is 2.34. The molecule has 0 aliphatic carbocycles. The molecule has 2 aromatic heterocycles. The number of nitrogens with two attached hydrogens (primary N) is 1. The number of aromatic carboxylic acids is 1. The molecule has 3 heterocycles. The number of carbonyl (C=O) groups is 1. The smallest absolute Gasteiger partial charge is 0.338 e. The van der Waals surface area contributed by atoms with Gasteiger partial charge in [-0.3, -0.25) is 0 Å². The SMILES string of the molecule is Nc1ncnc2c1c(C(=O)O)cn2[C@@H]1O[C@@H](CO)[C@H](O)[C@H]1O. The number of carboxylic acid groups (broad SMARTS) is 1. The van der Waals surface area contributed by atoms with Crippen molar-refractivity contribution in [3.05, 3.63) is 18.1 Å². The van der Waals surface area contributed by atoms with Crippen LogP contribution in [0.5, 0.6) is 0 Å². The number of nitrogen functional groups attached to an aromatic ring is 1. The molecule has 0 amide bonds. The van der Waals surface area contributed by atoms with E-state index in [1.807, 2.05) is 0 Å². The Morgan fingerprint density at radius 1 is 1.36 bits per heavy atom. The van der Waals surface area contributed by atoms with Crippen molar-refractivity contribution in [2.45, 2.75) is 24.5 Å². The number of aliphatic hydroxyl groups is 3. The first-order valence-corrected chi connectivity index (χ1v) is 6.42. The molecule has 1 saturated heterocycles. The van der Waals surface area contributed by atoms with E-state index >= 15 is 0 Å². The number of aromatic nitrogens is 3. The summed E-state index contributed by atoms with van der Waals surface area (Å²) in [5, 5.41) is 38.4. The van der Waals surface area contributed by atoms with Crippen LogP contribution in [0.1, 0.15) is 16.6 Å². The molecular weight excluding hydrogens is 296 g/mol. The Balaban J connectivity index is 2.16. The molecule has 0 spiro atoms. The maximum atomic E-state index is 11.3. The van der Waals surface area contributed by atoms with Gasteiger partial charge < -0.3 is 35.5 Å². The molecule has 10 nitrogen and oxygen atoms in total. The lowest BCUT2D eigenvalue weighted by molar-refractivity contribution is -0.0509. The normalized spacial score (nSPS) is 28.3. The van der Waals surface area contributed by atoms with Gasteiger partial charge in [-0.2, -0.15) is 0 Å². The number of ether oxygens (including phenoxy) is 1. The summed E-state index contributed by atoms with van der Waals surface area (Å²) in [5.41, 5.74) is 5.71. The zero-order chi connectivity index (χ0) is 16.0. The predicted octanol–water partition coefficient (Wildman–Crippen LogP) is -1.68. The van der Waals surface area contributed by atoms with Gasteiger partial charge in [-0.05, 0) is 0 Å². The summed E-state index contributed by atoms with van der Waals surface area (Å²) < 4.78 is 6.65. The number of hydrogen-bond acceptors (Lipinski definition) is 8. The maximum absolute atomic E-state index is 11.3. The Bertz CT molecular complexity index is 732. The van der Waals surface area contributed by atoms with E-state index in [0.717, 1.165) is 6.33 Å². The van der Waals surface area contributed by atoms with E-state index in [2.05, 4.69) is 9.97 Å². The molecule has 3 rings (SSSR count). The lowest BCUT2D eigenvalue weighted by Gasteiger charge is -2.17. The van der Waals surface area contributed by atoms with E-state index in [4.69, 9.17) is 15.6 Å². The fraction of sp³-hybridized carbons (Fsp3) is 0.417. The first kappa shape index (κ1) is 14.7.